The maximum Gasteiger partial charge on any atom is 0.320 e. The number of urea groups is 1. The maximum absolute atomic E-state index is 12.4. The number of sulfone groups is 1. The fourth-order valence-corrected chi connectivity index (χ4v) is 5.82. The Morgan fingerprint density at radius 2 is 2.07 bits per heavy atom. The molecule has 2 amide bonds. The number of hydrogen-bond acceptors (Lipinski definition) is 6. The number of carbonyl (C=O) groups excluding carboxylic acids is 1. The molecular formula is C19H29N5O3S2. The minimum absolute atomic E-state index is 0.0529. The number of carbonyl (C=O) groups is 1. The lowest BCUT2D eigenvalue weighted by atomic mass is 9.92. The monoisotopic (exact) mass is 439 g/mol. The van der Waals surface area contributed by atoms with Gasteiger partial charge in [0.05, 0.1) is 33.9 Å². The minimum atomic E-state index is -3.06. The molecule has 0 radical (unpaired) electrons. The van der Waals surface area contributed by atoms with E-state index < -0.39 is 9.84 Å². The second kappa shape index (κ2) is 8.06. The van der Waals surface area contributed by atoms with E-state index in [-0.39, 0.29) is 29.0 Å². The van der Waals surface area contributed by atoms with Crippen LogP contribution in [0, 0.1) is 13.8 Å². The Labute approximate surface area is 176 Å². The summed E-state index contributed by atoms with van der Waals surface area (Å²) in [5.41, 5.74) is 1.63. The Morgan fingerprint density at radius 3 is 2.62 bits per heavy atom. The Bertz CT molecular complexity index is 982. The summed E-state index contributed by atoms with van der Waals surface area (Å²) in [6.45, 7) is 10.6. The summed E-state index contributed by atoms with van der Waals surface area (Å²) in [4.78, 5) is 18.1. The van der Waals surface area contributed by atoms with E-state index in [2.05, 4.69) is 20.7 Å². The van der Waals surface area contributed by atoms with Gasteiger partial charge in [-0.25, -0.2) is 22.9 Å². The normalized spacial score (nSPS) is 18.7. The molecule has 0 bridgehead atoms. The van der Waals surface area contributed by atoms with Gasteiger partial charge in [0.1, 0.15) is 5.82 Å². The highest BCUT2D eigenvalue weighted by atomic mass is 32.2. The second-order valence-corrected chi connectivity index (χ2v) is 12.1. The molecule has 3 heterocycles. The molecule has 0 saturated carbocycles. The number of nitrogens with one attached hydrogen (secondary N) is 2. The summed E-state index contributed by atoms with van der Waals surface area (Å²) in [6, 6.07) is 1.24. The highest BCUT2D eigenvalue weighted by molar-refractivity contribution is 7.91. The fraction of sp³-hybridized carbons (Fsp3) is 0.632. The number of rotatable bonds is 5. The second-order valence-electron chi connectivity index (χ2n) is 8.55. The third-order valence-electron chi connectivity index (χ3n) is 5.00. The van der Waals surface area contributed by atoms with E-state index >= 15 is 0 Å². The van der Waals surface area contributed by atoms with E-state index in [0.717, 1.165) is 16.4 Å². The van der Waals surface area contributed by atoms with Crippen LogP contribution in [-0.2, 0) is 21.7 Å². The topological polar surface area (TPSA) is 106 Å². The summed E-state index contributed by atoms with van der Waals surface area (Å²) in [5.74, 6) is 0.730. The van der Waals surface area contributed by atoms with Gasteiger partial charge < -0.3 is 5.32 Å². The van der Waals surface area contributed by atoms with Crippen molar-refractivity contribution in [2.45, 2.75) is 58.9 Å². The molecule has 2 aromatic heterocycles. The Morgan fingerprint density at radius 1 is 1.34 bits per heavy atom. The van der Waals surface area contributed by atoms with Crippen LogP contribution in [0.1, 0.15) is 54.5 Å². The van der Waals surface area contributed by atoms with Crippen molar-refractivity contribution in [1.29, 1.82) is 0 Å². The summed E-state index contributed by atoms with van der Waals surface area (Å²) in [7, 11) is -3.06. The van der Waals surface area contributed by atoms with Crippen LogP contribution in [-0.4, -0.2) is 47.3 Å². The molecule has 1 saturated heterocycles. The first-order chi connectivity index (χ1) is 13.4. The Balaban J connectivity index is 1.68. The van der Waals surface area contributed by atoms with E-state index in [0.29, 0.717) is 25.2 Å². The van der Waals surface area contributed by atoms with E-state index in [1.54, 1.807) is 16.0 Å². The van der Waals surface area contributed by atoms with Gasteiger partial charge in [0.25, 0.3) is 0 Å². The van der Waals surface area contributed by atoms with E-state index in [9.17, 15) is 13.2 Å². The molecule has 1 aliphatic rings. The van der Waals surface area contributed by atoms with Crippen molar-refractivity contribution in [3.63, 3.8) is 0 Å². The molecule has 2 N–H and O–H groups in total. The number of anilines is 1. The first-order valence-electron chi connectivity index (χ1n) is 9.73. The van der Waals surface area contributed by atoms with Gasteiger partial charge in [0, 0.05) is 29.3 Å². The summed E-state index contributed by atoms with van der Waals surface area (Å²) in [6.07, 6.45) is 1.17. The van der Waals surface area contributed by atoms with Crippen LogP contribution in [0.5, 0.6) is 0 Å². The first-order valence-corrected chi connectivity index (χ1v) is 12.4. The van der Waals surface area contributed by atoms with Crippen LogP contribution in [0.15, 0.2) is 6.07 Å². The lowest BCUT2D eigenvalue weighted by Gasteiger charge is -2.15. The highest BCUT2D eigenvalue weighted by Crippen LogP contribution is 2.30. The van der Waals surface area contributed by atoms with E-state index in [1.807, 2.05) is 40.7 Å². The van der Waals surface area contributed by atoms with Crippen molar-refractivity contribution < 1.29 is 13.2 Å². The van der Waals surface area contributed by atoms with Gasteiger partial charge in [0.2, 0.25) is 0 Å². The molecular weight excluding hydrogens is 410 g/mol. The van der Waals surface area contributed by atoms with Crippen LogP contribution in [0.3, 0.4) is 0 Å². The number of aromatic nitrogens is 3. The van der Waals surface area contributed by atoms with Crippen LogP contribution in [0.4, 0.5) is 10.6 Å². The smallest absolute Gasteiger partial charge is 0.320 e. The van der Waals surface area contributed by atoms with E-state index in [1.165, 1.54) is 4.88 Å². The molecule has 3 rings (SSSR count). The van der Waals surface area contributed by atoms with Crippen molar-refractivity contribution in [1.82, 2.24) is 20.1 Å². The quantitative estimate of drug-likeness (QED) is 0.745. The van der Waals surface area contributed by atoms with Crippen molar-refractivity contribution in [3.05, 3.63) is 27.3 Å². The molecule has 29 heavy (non-hydrogen) atoms. The van der Waals surface area contributed by atoms with Crippen LogP contribution in [0.25, 0.3) is 0 Å². The Kier molecular flexibility index (Phi) is 6.05. The molecule has 160 valence electrons. The standard InChI is InChI=1S/C19H29N5O3S2/c1-12-13(2)28-17(21-12)6-8-20-18(25)22-16-10-15(19(3,4)5)23-24(16)14-7-9-29(26,27)11-14/h10,14H,6-9,11H2,1-5H3,(H2,20,22,25)/t14-/m0/s1. The van der Waals surface area contributed by atoms with Gasteiger partial charge in [-0.05, 0) is 20.3 Å². The van der Waals surface area contributed by atoms with Crippen molar-refractivity contribution in [2.75, 3.05) is 23.4 Å². The zero-order valence-electron chi connectivity index (χ0n) is 17.6. The van der Waals surface area contributed by atoms with Crippen molar-refractivity contribution >= 4 is 33.0 Å². The zero-order chi connectivity index (χ0) is 21.4. The van der Waals surface area contributed by atoms with Gasteiger partial charge >= 0.3 is 6.03 Å². The van der Waals surface area contributed by atoms with Gasteiger partial charge in [-0.2, -0.15) is 5.10 Å². The predicted molar refractivity (Wildman–Crippen MR) is 116 cm³/mol. The van der Waals surface area contributed by atoms with Gasteiger partial charge in [-0.15, -0.1) is 11.3 Å². The largest absolute Gasteiger partial charge is 0.337 e. The lowest BCUT2D eigenvalue weighted by molar-refractivity contribution is 0.252. The van der Waals surface area contributed by atoms with Crippen LogP contribution >= 0.6 is 11.3 Å². The van der Waals surface area contributed by atoms with E-state index in [4.69, 9.17) is 0 Å². The maximum atomic E-state index is 12.4. The van der Waals surface area contributed by atoms with Crippen LogP contribution in [0.2, 0.25) is 0 Å². The summed E-state index contributed by atoms with van der Waals surface area (Å²) in [5, 5.41) is 11.3. The molecule has 1 aliphatic heterocycles. The molecule has 8 nitrogen and oxygen atoms in total. The average molecular weight is 440 g/mol. The SMILES string of the molecule is Cc1nc(CCNC(=O)Nc2cc(C(C)(C)C)nn2[C@H]2CCS(=O)(=O)C2)sc1C. The molecule has 1 fully saturated rings. The summed E-state index contributed by atoms with van der Waals surface area (Å²) >= 11 is 1.64. The molecule has 0 unspecified atom stereocenters. The van der Waals surface area contributed by atoms with Crippen LogP contribution < -0.4 is 10.6 Å². The van der Waals surface area contributed by atoms with Gasteiger partial charge in [-0.3, -0.25) is 5.32 Å². The third kappa shape index (κ3) is 5.36. The van der Waals surface area contributed by atoms with Gasteiger partial charge in [0.15, 0.2) is 9.84 Å². The fourth-order valence-electron chi connectivity index (χ4n) is 3.19. The molecule has 0 aliphatic carbocycles. The minimum Gasteiger partial charge on any atom is -0.337 e. The molecule has 2 aromatic rings. The number of hydrogen-bond donors (Lipinski definition) is 2. The number of nitrogens with zero attached hydrogens (tertiary/aromatic N) is 3. The third-order valence-corrected chi connectivity index (χ3v) is 7.88. The molecule has 0 spiro atoms. The molecule has 1 atom stereocenters. The Hall–Kier alpha value is -1.94. The first kappa shape index (κ1) is 21.8. The molecule has 10 heteroatoms. The number of aryl methyl sites for hydroxylation is 2. The highest BCUT2D eigenvalue weighted by Gasteiger charge is 2.32. The number of thiazole rings is 1. The predicted octanol–water partition coefficient (Wildman–Crippen LogP) is 2.98. The number of amides is 2. The van der Waals surface area contributed by atoms with Gasteiger partial charge in [-0.1, -0.05) is 20.8 Å². The van der Waals surface area contributed by atoms with Crippen molar-refractivity contribution in [2.24, 2.45) is 0 Å². The lowest BCUT2D eigenvalue weighted by Crippen LogP contribution is -2.31. The van der Waals surface area contributed by atoms with Crippen molar-refractivity contribution in [3.8, 4) is 0 Å². The summed E-state index contributed by atoms with van der Waals surface area (Å²) < 4.78 is 25.5. The molecule has 0 aromatic carbocycles. The average Bonchev–Trinajstić information content (AvgIpc) is 3.25. The zero-order valence-corrected chi connectivity index (χ0v) is 19.2.